The number of ether oxygens (including phenoxy) is 1. The molecule has 0 bridgehead atoms. The number of amides is 1. The summed E-state index contributed by atoms with van der Waals surface area (Å²) in [6, 6.07) is 19.1. The minimum Gasteiger partial charge on any atom is -0.496 e. The third kappa shape index (κ3) is 3.72. The molecule has 0 saturated heterocycles. The molecule has 5 nitrogen and oxygen atoms in total. The van der Waals surface area contributed by atoms with Crippen LogP contribution in [0.1, 0.15) is 28.4 Å². The summed E-state index contributed by atoms with van der Waals surface area (Å²) < 4.78 is 11.3. The Morgan fingerprint density at radius 3 is 2.62 bits per heavy atom. The molecule has 0 spiro atoms. The molecule has 1 amide bonds. The van der Waals surface area contributed by atoms with E-state index in [4.69, 9.17) is 9.15 Å². The number of aromatic nitrogens is 1. The van der Waals surface area contributed by atoms with Gasteiger partial charge in [-0.15, -0.1) is 0 Å². The monoisotopic (exact) mass is 386 g/mol. The van der Waals surface area contributed by atoms with Gasteiger partial charge in [0.15, 0.2) is 5.58 Å². The number of anilines is 1. The van der Waals surface area contributed by atoms with Gasteiger partial charge >= 0.3 is 0 Å². The topological polar surface area (TPSA) is 64.4 Å². The van der Waals surface area contributed by atoms with Gasteiger partial charge in [-0.1, -0.05) is 31.2 Å². The van der Waals surface area contributed by atoms with Crippen LogP contribution in [0.15, 0.2) is 65.1 Å². The zero-order valence-corrected chi connectivity index (χ0v) is 16.7. The number of nitrogens with zero attached hydrogens (tertiary/aromatic N) is 1. The number of methoxy groups -OCH3 is 1. The lowest BCUT2D eigenvalue weighted by atomic mass is 10.1. The molecular formula is C24H22N2O3. The normalized spacial score (nSPS) is 10.9. The Labute approximate surface area is 169 Å². The summed E-state index contributed by atoms with van der Waals surface area (Å²) in [5.74, 6) is 0.903. The molecule has 4 rings (SSSR count). The molecule has 1 aromatic heterocycles. The highest BCUT2D eigenvalue weighted by Crippen LogP contribution is 2.28. The van der Waals surface area contributed by atoms with E-state index in [1.165, 1.54) is 5.56 Å². The highest BCUT2D eigenvalue weighted by Gasteiger charge is 2.15. The lowest BCUT2D eigenvalue weighted by Gasteiger charge is -2.11. The number of rotatable bonds is 5. The molecule has 1 heterocycles. The Kier molecular flexibility index (Phi) is 5.04. The number of carbonyl (C=O) groups excluding carboxylic acids is 1. The van der Waals surface area contributed by atoms with Gasteiger partial charge in [0, 0.05) is 11.3 Å². The maximum Gasteiger partial charge on any atom is 0.259 e. The van der Waals surface area contributed by atoms with E-state index < -0.39 is 0 Å². The lowest BCUT2D eigenvalue weighted by molar-refractivity contribution is 0.102. The van der Waals surface area contributed by atoms with Crippen LogP contribution in [0.25, 0.3) is 22.6 Å². The second-order valence-corrected chi connectivity index (χ2v) is 6.86. The summed E-state index contributed by atoms with van der Waals surface area (Å²) in [6.45, 7) is 4.03. The molecule has 0 aliphatic carbocycles. The van der Waals surface area contributed by atoms with E-state index in [0.29, 0.717) is 34.0 Å². The van der Waals surface area contributed by atoms with Crippen LogP contribution in [0.2, 0.25) is 0 Å². The largest absolute Gasteiger partial charge is 0.496 e. The van der Waals surface area contributed by atoms with Crippen molar-refractivity contribution in [1.29, 1.82) is 0 Å². The predicted octanol–water partition coefficient (Wildman–Crippen LogP) is 5.63. The molecule has 0 aliphatic rings. The zero-order chi connectivity index (χ0) is 20.4. The fourth-order valence-corrected chi connectivity index (χ4v) is 3.31. The van der Waals surface area contributed by atoms with Crippen LogP contribution >= 0.6 is 0 Å². The van der Waals surface area contributed by atoms with Gasteiger partial charge in [0.1, 0.15) is 11.3 Å². The van der Waals surface area contributed by atoms with Crippen LogP contribution in [0.4, 0.5) is 5.69 Å². The second kappa shape index (κ2) is 7.80. The minimum absolute atomic E-state index is 0.233. The summed E-state index contributed by atoms with van der Waals surface area (Å²) in [5.41, 5.74) is 5.59. The Bertz CT molecular complexity index is 1180. The number of nitrogens with one attached hydrogen (secondary N) is 1. The summed E-state index contributed by atoms with van der Waals surface area (Å²) >= 11 is 0. The standard InChI is InChI=1S/C24H22N2O3/c1-4-16-8-10-17(11-9-16)24-26-20-14-18(12-13-21(20)29-24)25-23(27)19-7-5-6-15(2)22(19)28-3/h5-14H,4H2,1-3H3,(H,25,27). The van der Waals surface area contributed by atoms with Crippen molar-refractivity contribution < 1.29 is 13.9 Å². The van der Waals surface area contributed by atoms with Gasteiger partial charge in [-0.25, -0.2) is 4.98 Å². The first-order valence-electron chi connectivity index (χ1n) is 9.54. The Morgan fingerprint density at radius 1 is 1.10 bits per heavy atom. The van der Waals surface area contributed by atoms with Gasteiger partial charge in [-0.05, 0) is 60.9 Å². The Morgan fingerprint density at radius 2 is 1.90 bits per heavy atom. The van der Waals surface area contributed by atoms with Gasteiger partial charge in [0.2, 0.25) is 5.89 Å². The number of hydrogen-bond donors (Lipinski definition) is 1. The number of benzene rings is 3. The van der Waals surface area contributed by atoms with E-state index in [9.17, 15) is 4.79 Å². The fraction of sp³-hybridized carbons (Fsp3) is 0.167. The molecule has 3 aromatic carbocycles. The molecule has 146 valence electrons. The average molecular weight is 386 g/mol. The molecule has 29 heavy (non-hydrogen) atoms. The molecular weight excluding hydrogens is 364 g/mol. The van der Waals surface area contributed by atoms with Crippen molar-refractivity contribution in [2.24, 2.45) is 0 Å². The molecule has 0 radical (unpaired) electrons. The minimum atomic E-state index is -0.233. The number of hydrogen-bond acceptors (Lipinski definition) is 4. The van der Waals surface area contributed by atoms with Crippen LogP contribution in [-0.2, 0) is 6.42 Å². The van der Waals surface area contributed by atoms with Crippen molar-refractivity contribution in [1.82, 2.24) is 4.98 Å². The predicted molar refractivity (Wildman–Crippen MR) is 115 cm³/mol. The number of oxazole rings is 1. The van der Waals surface area contributed by atoms with Crippen molar-refractivity contribution in [3.05, 3.63) is 77.4 Å². The smallest absolute Gasteiger partial charge is 0.259 e. The molecule has 0 saturated carbocycles. The molecule has 0 unspecified atom stereocenters. The third-order valence-electron chi connectivity index (χ3n) is 4.92. The van der Waals surface area contributed by atoms with Crippen molar-refractivity contribution >= 4 is 22.7 Å². The van der Waals surface area contributed by atoms with Crippen LogP contribution < -0.4 is 10.1 Å². The van der Waals surface area contributed by atoms with Crippen LogP contribution in [-0.4, -0.2) is 18.0 Å². The third-order valence-corrected chi connectivity index (χ3v) is 4.92. The quantitative estimate of drug-likeness (QED) is 0.483. The average Bonchev–Trinajstić information content (AvgIpc) is 3.17. The highest BCUT2D eigenvalue weighted by molar-refractivity contribution is 6.07. The summed E-state index contributed by atoms with van der Waals surface area (Å²) in [6.07, 6.45) is 0.989. The van der Waals surface area contributed by atoms with Gasteiger partial charge in [0.25, 0.3) is 5.91 Å². The Hall–Kier alpha value is -3.60. The SMILES string of the molecule is CCc1ccc(-c2nc3cc(NC(=O)c4cccc(C)c4OC)ccc3o2)cc1. The first-order valence-corrected chi connectivity index (χ1v) is 9.54. The van der Waals surface area contributed by atoms with Gasteiger partial charge in [0.05, 0.1) is 12.7 Å². The van der Waals surface area contributed by atoms with E-state index in [1.54, 1.807) is 19.2 Å². The molecule has 0 atom stereocenters. The molecule has 1 N–H and O–H groups in total. The Balaban J connectivity index is 1.61. The van der Waals surface area contributed by atoms with Gasteiger partial charge < -0.3 is 14.5 Å². The number of aryl methyl sites for hydroxylation is 2. The van der Waals surface area contributed by atoms with Crippen molar-refractivity contribution in [2.75, 3.05) is 12.4 Å². The van der Waals surface area contributed by atoms with Crippen LogP contribution in [0.3, 0.4) is 0 Å². The molecule has 0 aliphatic heterocycles. The maximum absolute atomic E-state index is 12.7. The van der Waals surface area contributed by atoms with E-state index in [1.807, 2.05) is 43.3 Å². The maximum atomic E-state index is 12.7. The van der Waals surface area contributed by atoms with E-state index in [2.05, 4.69) is 29.4 Å². The first kappa shape index (κ1) is 18.7. The van der Waals surface area contributed by atoms with Crippen molar-refractivity contribution in [3.63, 3.8) is 0 Å². The van der Waals surface area contributed by atoms with E-state index in [0.717, 1.165) is 17.5 Å². The molecule has 5 heteroatoms. The first-order chi connectivity index (χ1) is 14.1. The van der Waals surface area contributed by atoms with Crippen molar-refractivity contribution in [3.8, 4) is 17.2 Å². The second-order valence-electron chi connectivity index (χ2n) is 6.86. The molecule has 0 fully saturated rings. The highest BCUT2D eigenvalue weighted by atomic mass is 16.5. The summed E-state index contributed by atoms with van der Waals surface area (Å²) in [7, 11) is 1.56. The lowest BCUT2D eigenvalue weighted by Crippen LogP contribution is -2.13. The summed E-state index contributed by atoms with van der Waals surface area (Å²) in [5, 5.41) is 2.92. The number of fused-ring (bicyclic) bond motifs is 1. The van der Waals surface area contributed by atoms with Crippen molar-refractivity contribution in [2.45, 2.75) is 20.3 Å². The van der Waals surface area contributed by atoms with Crippen LogP contribution in [0.5, 0.6) is 5.75 Å². The zero-order valence-electron chi connectivity index (χ0n) is 16.7. The van der Waals surface area contributed by atoms with Gasteiger partial charge in [-0.3, -0.25) is 4.79 Å². The fourth-order valence-electron chi connectivity index (χ4n) is 3.31. The summed E-state index contributed by atoms with van der Waals surface area (Å²) in [4.78, 5) is 17.3. The van der Waals surface area contributed by atoms with E-state index >= 15 is 0 Å². The number of carbonyl (C=O) groups is 1. The van der Waals surface area contributed by atoms with Crippen LogP contribution in [0, 0.1) is 6.92 Å². The number of para-hydroxylation sites is 1. The van der Waals surface area contributed by atoms with Gasteiger partial charge in [-0.2, -0.15) is 0 Å². The van der Waals surface area contributed by atoms with E-state index in [-0.39, 0.29) is 5.91 Å². The molecule has 4 aromatic rings.